The lowest BCUT2D eigenvalue weighted by atomic mass is 10.2. The highest BCUT2D eigenvalue weighted by atomic mass is 32.2. The number of carbonyl (C=O) groups is 1. The Hall–Kier alpha value is -2.74. The Bertz CT molecular complexity index is 1130. The van der Waals surface area contributed by atoms with Crippen molar-refractivity contribution in [1.29, 1.82) is 0 Å². The lowest BCUT2D eigenvalue weighted by Crippen LogP contribution is -2.07. The van der Waals surface area contributed by atoms with Crippen LogP contribution >= 0.6 is 11.8 Å². The van der Waals surface area contributed by atoms with Gasteiger partial charge in [-0.3, -0.25) is 4.79 Å². The fourth-order valence-corrected chi connectivity index (χ4v) is 4.91. The lowest BCUT2D eigenvalue weighted by molar-refractivity contribution is 0.102. The van der Waals surface area contributed by atoms with Gasteiger partial charge in [0.15, 0.2) is 22.4 Å². The SMILES string of the molecule is CCn1c(SCC(=O)c2cc(C)n(-c3ccc4c(c3)OCO4)c2C)nnc1C1CC1. The van der Waals surface area contributed by atoms with Gasteiger partial charge in [-0.1, -0.05) is 11.8 Å². The van der Waals surface area contributed by atoms with E-state index < -0.39 is 0 Å². The maximum atomic E-state index is 13.0. The van der Waals surface area contributed by atoms with Crippen molar-refractivity contribution in [2.24, 2.45) is 0 Å². The number of nitrogens with zero attached hydrogens (tertiary/aromatic N) is 4. The topological polar surface area (TPSA) is 71.2 Å². The van der Waals surface area contributed by atoms with Crippen LogP contribution in [0.1, 0.15) is 53.3 Å². The first kappa shape index (κ1) is 19.2. The minimum atomic E-state index is 0.0960. The molecule has 0 atom stereocenters. The molecule has 1 aliphatic heterocycles. The maximum absolute atomic E-state index is 13.0. The third kappa shape index (κ3) is 3.29. The van der Waals surface area contributed by atoms with Crippen molar-refractivity contribution in [2.75, 3.05) is 12.5 Å². The van der Waals surface area contributed by atoms with Crippen molar-refractivity contribution in [2.45, 2.75) is 51.2 Å². The summed E-state index contributed by atoms with van der Waals surface area (Å²) in [7, 11) is 0. The maximum Gasteiger partial charge on any atom is 0.231 e. The van der Waals surface area contributed by atoms with Gasteiger partial charge in [-0.2, -0.15) is 0 Å². The first-order valence-corrected chi connectivity index (χ1v) is 11.2. The van der Waals surface area contributed by atoms with Crippen LogP contribution in [0.5, 0.6) is 11.5 Å². The van der Waals surface area contributed by atoms with Crippen molar-refractivity contribution in [1.82, 2.24) is 19.3 Å². The second-order valence-corrected chi connectivity index (χ2v) is 8.67. The van der Waals surface area contributed by atoms with Crippen LogP contribution in [-0.2, 0) is 6.54 Å². The van der Waals surface area contributed by atoms with E-state index in [0.29, 0.717) is 11.7 Å². The molecule has 1 saturated carbocycles. The number of thioether (sulfide) groups is 1. The van der Waals surface area contributed by atoms with E-state index in [1.54, 1.807) is 0 Å². The summed E-state index contributed by atoms with van der Waals surface area (Å²) in [6.07, 6.45) is 2.38. The quantitative estimate of drug-likeness (QED) is 0.416. The number of hydrogen-bond acceptors (Lipinski definition) is 6. The molecule has 156 valence electrons. The highest BCUT2D eigenvalue weighted by Crippen LogP contribution is 2.40. The number of hydrogen-bond donors (Lipinski definition) is 0. The monoisotopic (exact) mass is 424 g/mol. The number of carbonyl (C=O) groups excluding carboxylic acids is 1. The van der Waals surface area contributed by atoms with Gasteiger partial charge in [0.2, 0.25) is 6.79 Å². The van der Waals surface area contributed by atoms with Gasteiger partial charge in [0.25, 0.3) is 0 Å². The van der Waals surface area contributed by atoms with Crippen molar-refractivity contribution in [3.05, 3.63) is 47.0 Å². The normalized spacial score (nSPS) is 15.0. The van der Waals surface area contributed by atoms with E-state index in [2.05, 4.69) is 26.3 Å². The average molecular weight is 425 g/mol. The van der Waals surface area contributed by atoms with Gasteiger partial charge < -0.3 is 18.6 Å². The Labute approximate surface area is 179 Å². The minimum Gasteiger partial charge on any atom is -0.454 e. The van der Waals surface area contributed by atoms with Crippen LogP contribution in [0.2, 0.25) is 0 Å². The van der Waals surface area contributed by atoms with E-state index in [1.807, 2.05) is 38.1 Å². The van der Waals surface area contributed by atoms with Gasteiger partial charge in [0.05, 0.1) is 5.75 Å². The van der Waals surface area contributed by atoms with Crippen molar-refractivity contribution >= 4 is 17.5 Å². The van der Waals surface area contributed by atoms with Crippen LogP contribution < -0.4 is 9.47 Å². The smallest absolute Gasteiger partial charge is 0.231 e. The number of aryl methyl sites for hydroxylation is 1. The molecule has 3 heterocycles. The largest absolute Gasteiger partial charge is 0.454 e. The predicted molar refractivity (Wildman–Crippen MR) is 114 cm³/mol. The predicted octanol–water partition coefficient (Wildman–Crippen LogP) is 4.29. The molecule has 0 radical (unpaired) electrons. The Morgan fingerprint density at radius 3 is 2.73 bits per heavy atom. The molecular weight excluding hydrogens is 400 g/mol. The summed E-state index contributed by atoms with van der Waals surface area (Å²) in [5.74, 6) is 3.53. The van der Waals surface area contributed by atoms with Crippen LogP contribution in [0, 0.1) is 13.8 Å². The molecule has 0 bridgehead atoms. The molecular formula is C22H24N4O3S. The Balaban J connectivity index is 1.36. The van der Waals surface area contributed by atoms with Crippen LogP contribution in [0.4, 0.5) is 0 Å². The van der Waals surface area contributed by atoms with Crippen molar-refractivity contribution < 1.29 is 14.3 Å². The molecule has 30 heavy (non-hydrogen) atoms. The third-order valence-corrected chi connectivity index (χ3v) is 6.65. The fourth-order valence-electron chi connectivity index (χ4n) is 4.02. The van der Waals surface area contributed by atoms with Gasteiger partial charge in [-0.25, -0.2) is 0 Å². The highest BCUT2D eigenvalue weighted by Gasteiger charge is 2.30. The molecule has 1 fully saturated rings. The molecule has 0 saturated heterocycles. The molecule has 2 aromatic heterocycles. The number of ketones is 1. The molecule has 2 aliphatic rings. The fraction of sp³-hybridized carbons (Fsp3) is 0.409. The first-order valence-electron chi connectivity index (χ1n) is 10.2. The third-order valence-electron chi connectivity index (χ3n) is 5.68. The standard InChI is InChI=1S/C22H24N4O3S/c1-4-25-21(15-5-6-15)23-24-22(25)30-11-18(27)17-9-13(2)26(14(17)3)16-7-8-19-20(10-16)29-12-28-19/h7-10,15H,4-6,11-12H2,1-3H3. The average Bonchev–Trinajstić information content (AvgIpc) is 3.20. The Kier molecular flexibility index (Phi) is 4.81. The summed E-state index contributed by atoms with van der Waals surface area (Å²) in [5.41, 5.74) is 3.63. The minimum absolute atomic E-state index is 0.0960. The number of rotatable bonds is 7. The first-order chi connectivity index (χ1) is 14.6. The van der Waals surface area contributed by atoms with Gasteiger partial charge in [-0.05, 0) is 51.8 Å². The highest BCUT2D eigenvalue weighted by molar-refractivity contribution is 7.99. The van der Waals surface area contributed by atoms with Crippen LogP contribution in [0.3, 0.4) is 0 Å². The second kappa shape index (κ2) is 7.50. The van der Waals surface area contributed by atoms with E-state index >= 15 is 0 Å². The Morgan fingerprint density at radius 2 is 1.97 bits per heavy atom. The van der Waals surface area contributed by atoms with Gasteiger partial charge >= 0.3 is 0 Å². The molecule has 5 rings (SSSR count). The number of fused-ring (bicyclic) bond motifs is 1. The number of Topliss-reactive ketones (excluding diaryl/α,β-unsaturated/α-hetero) is 1. The van der Waals surface area contributed by atoms with Crippen molar-refractivity contribution in [3.63, 3.8) is 0 Å². The summed E-state index contributed by atoms with van der Waals surface area (Å²) >= 11 is 1.47. The zero-order valence-corrected chi connectivity index (χ0v) is 18.2. The molecule has 8 heteroatoms. The number of ether oxygens (including phenoxy) is 2. The molecule has 7 nitrogen and oxygen atoms in total. The molecule has 0 amide bonds. The van der Waals surface area contributed by atoms with Crippen molar-refractivity contribution in [3.8, 4) is 17.2 Å². The molecule has 1 aromatic carbocycles. The van der Waals surface area contributed by atoms with Crippen LogP contribution in [0.25, 0.3) is 5.69 Å². The van der Waals surface area contributed by atoms with E-state index in [9.17, 15) is 4.79 Å². The second-order valence-electron chi connectivity index (χ2n) is 7.73. The van der Waals surface area contributed by atoms with E-state index in [1.165, 1.54) is 24.6 Å². The van der Waals surface area contributed by atoms with Gasteiger partial charge in [0.1, 0.15) is 5.82 Å². The van der Waals surface area contributed by atoms with E-state index in [4.69, 9.17) is 9.47 Å². The summed E-state index contributed by atoms with van der Waals surface area (Å²) in [5, 5.41) is 9.52. The summed E-state index contributed by atoms with van der Waals surface area (Å²) in [4.78, 5) is 13.0. The molecule has 0 unspecified atom stereocenters. The van der Waals surface area contributed by atoms with E-state index in [0.717, 1.165) is 51.7 Å². The van der Waals surface area contributed by atoms with Gasteiger partial charge in [-0.15, -0.1) is 10.2 Å². The molecule has 0 spiro atoms. The molecule has 0 N–H and O–H groups in total. The Morgan fingerprint density at radius 1 is 1.17 bits per heavy atom. The zero-order valence-electron chi connectivity index (χ0n) is 17.3. The van der Waals surface area contributed by atoms with Gasteiger partial charge in [0, 0.05) is 41.2 Å². The summed E-state index contributed by atoms with van der Waals surface area (Å²) in [6, 6.07) is 7.81. The van der Waals surface area contributed by atoms with Crippen LogP contribution in [-0.4, -0.2) is 37.7 Å². The molecule has 3 aromatic rings. The molecule has 1 aliphatic carbocycles. The summed E-state index contributed by atoms with van der Waals surface area (Å²) in [6.45, 7) is 7.16. The zero-order chi connectivity index (χ0) is 20.8. The van der Waals surface area contributed by atoms with Crippen LogP contribution in [0.15, 0.2) is 29.4 Å². The summed E-state index contributed by atoms with van der Waals surface area (Å²) < 4.78 is 15.1. The van der Waals surface area contributed by atoms with E-state index in [-0.39, 0.29) is 12.6 Å². The number of aromatic nitrogens is 4. The lowest BCUT2D eigenvalue weighted by Gasteiger charge is -2.11. The number of benzene rings is 1.